The first kappa shape index (κ1) is 19.5. The third-order valence-electron chi connectivity index (χ3n) is 5.16. The van der Waals surface area contributed by atoms with E-state index in [1.165, 1.54) is 31.2 Å². The van der Waals surface area contributed by atoms with Gasteiger partial charge in [0.25, 0.3) is 0 Å². The zero-order valence-corrected chi connectivity index (χ0v) is 16.2. The number of methoxy groups -OCH3 is 2. The molecule has 1 heterocycles. The summed E-state index contributed by atoms with van der Waals surface area (Å²) in [5.41, 5.74) is 1.30. The summed E-state index contributed by atoms with van der Waals surface area (Å²) in [5, 5.41) is 0. The van der Waals surface area contributed by atoms with Gasteiger partial charge in [-0.1, -0.05) is 31.0 Å². The standard InChI is InChI=1S/C22H29NO4/c1-24-13-14-26-22-12-11-18(15-23-22)27-16-17-7-3-4-8-19(17)20-9-5-6-10-21(20)25-2/h5-6,9-12,15,17,19H,3-4,7-8,13-14,16H2,1-2H3. The summed E-state index contributed by atoms with van der Waals surface area (Å²) in [6.45, 7) is 1.73. The van der Waals surface area contributed by atoms with Crippen molar-refractivity contribution >= 4 is 0 Å². The van der Waals surface area contributed by atoms with Crippen LogP contribution >= 0.6 is 0 Å². The lowest BCUT2D eigenvalue weighted by atomic mass is 9.75. The lowest BCUT2D eigenvalue weighted by Gasteiger charge is -2.32. The molecule has 0 spiro atoms. The molecule has 0 aliphatic heterocycles. The Morgan fingerprint density at radius 3 is 2.59 bits per heavy atom. The summed E-state index contributed by atoms with van der Waals surface area (Å²) in [7, 11) is 3.40. The molecule has 1 fully saturated rings. The van der Waals surface area contributed by atoms with Crippen LogP contribution in [0.4, 0.5) is 0 Å². The van der Waals surface area contributed by atoms with Crippen molar-refractivity contribution in [3.05, 3.63) is 48.2 Å². The molecule has 2 atom stereocenters. The van der Waals surface area contributed by atoms with Gasteiger partial charge in [0.1, 0.15) is 18.1 Å². The van der Waals surface area contributed by atoms with Gasteiger partial charge in [0.15, 0.2) is 0 Å². The molecule has 5 nitrogen and oxygen atoms in total. The molecule has 1 aromatic heterocycles. The van der Waals surface area contributed by atoms with E-state index in [0.717, 1.165) is 11.5 Å². The quantitative estimate of drug-likeness (QED) is 0.609. The largest absolute Gasteiger partial charge is 0.496 e. The highest BCUT2D eigenvalue weighted by molar-refractivity contribution is 5.37. The molecule has 1 saturated carbocycles. The first-order valence-corrected chi connectivity index (χ1v) is 9.65. The van der Waals surface area contributed by atoms with E-state index in [1.54, 1.807) is 20.4 Å². The van der Waals surface area contributed by atoms with Crippen molar-refractivity contribution in [2.75, 3.05) is 34.0 Å². The van der Waals surface area contributed by atoms with E-state index in [0.29, 0.717) is 37.5 Å². The summed E-state index contributed by atoms with van der Waals surface area (Å²) in [5.74, 6) is 3.29. The van der Waals surface area contributed by atoms with Gasteiger partial charge in [-0.25, -0.2) is 4.98 Å². The van der Waals surface area contributed by atoms with Crippen LogP contribution in [-0.4, -0.2) is 39.0 Å². The van der Waals surface area contributed by atoms with Gasteiger partial charge in [-0.3, -0.25) is 0 Å². The predicted molar refractivity (Wildman–Crippen MR) is 105 cm³/mol. The molecular formula is C22H29NO4. The summed E-state index contributed by atoms with van der Waals surface area (Å²) in [4.78, 5) is 4.30. The second-order valence-electron chi connectivity index (χ2n) is 6.88. The van der Waals surface area contributed by atoms with Crippen molar-refractivity contribution in [1.82, 2.24) is 4.98 Å². The normalized spacial score (nSPS) is 19.5. The summed E-state index contributed by atoms with van der Waals surface area (Å²) in [6.07, 6.45) is 6.59. The Bertz CT molecular complexity index is 689. The zero-order valence-electron chi connectivity index (χ0n) is 16.2. The minimum Gasteiger partial charge on any atom is -0.496 e. The molecule has 2 unspecified atom stereocenters. The van der Waals surface area contributed by atoms with Crippen LogP contribution in [0.2, 0.25) is 0 Å². The van der Waals surface area contributed by atoms with Crippen molar-refractivity contribution in [3.8, 4) is 17.4 Å². The number of hydrogen-bond donors (Lipinski definition) is 0. The highest BCUT2D eigenvalue weighted by atomic mass is 16.5. The van der Waals surface area contributed by atoms with Crippen molar-refractivity contribution < 1.29 is 18.9 Å². The first-order valence-electron chi connectivity index (χ1n) is 9.65. The SMILES string of the molecule is COCCOc1ccc(OCC2CCCCC2c2ccccc2OC)cn1. The number of ether oxygens (including phenoxy) is 4. The lowest BCUT2D eigenvalue weighted by Crippen LogP contribution is -2.24. The van der Waals surface area contributed by atoms with Gasteiger partial charge in [0, 0.05) is 13.2 Å². The molecule has 27 heavy (non-hydrogen) atoms. The summed E-state index contributed by atoms with van der Waals surface area (Å²) >= 11 is 0. The minimum atomic E-state index is 0.472. The molecule has 1 aromatic carbocycles. The Labute approximate surface area is 161 Å². The number of rotatable bonds is 9. The van der Waals surface area contributed by atoms with E-state index in [-0.39, 0.29) is 0 Å². The van der Waals surface area contributed by atoms with Crippen molar-refractivity contribution in [2.45, 2.75) is 31.6 Å². The van der Waals surface area contributed by atoms with E-state index >= 15 is 0 Å². The molecule has 0 bridgehead atoms. The fourth-order valence-electron chi connectivity index (χ4n) is 3.76. The maximum Gasteiger partial charge on any atom is 0.213 e. The molecule has 146 valence electrons. The lowest BCUT2D eigenvalue weighted by molar-refractivity contribution is 0.143. The highest BCUT2D eigenvalue weighted by Gasteiger charge is 2.29. The Morgan fingerprint density at radius 1 is 0.963 bits per heavy atom. The second-order valence-corrected chi connectivity index (χ2v) is 6.88. The van der Waals surface area contributed by atoms with Crippen LogP contribution in [0.3, 0.4) is 0 Å². The van der Waals surface area contributed by atoms with Gasteiger partial charge in [-0.05, 0) is 42.4 Å². The van der Waals surface area contributed by atoms with Crippen LogP contribution < -0.4 is 14.2 Å². The smallest absolute Gasteiger partial charge is 0.213 e. The van der Waals surface area contributed by atoms with Crippen LogP contribution in [0.5, 0.6) is 17.4 Å². The van der Waals surface area contributed by atoms with E-state index in [9.17, 15) is 0 Å². The van der Waals surface area contributed by atoms with Gasteiger partial charge in [-0.15, -0.1) is 0 Å². The Kier molecular flexibility index (Phi) is 7.34. The fraction of sp³-hybridized carbons (Fsp3) is 0.500. The molecule has 1 aliphatic rings. The average molecular weight is 371 g/mol. The number of nitrogens with zero attached hydrogens (tertiary/aromatic N) is 1. The van der Waals surface area contributed by atoms with Crippen LogP contribution in [0.25, 0.3) is 0 Å². The molecule has 5 heteroatoms. The average Bonchev–Trinajstić information content (AvgIpc) is 2.73. The summed E-state index contributed by atoms with van der Waals surface area (Å²) in [6, 6.07) is 12.1. The van der Waals surface area contributed by atoms with Crippen LogP contribution in [-0.2, 0) is 4.74 Å². The molecule has 0 saturated heterocycles. The van der Waals surface area contributed by atoms with Crippen LogP contribution in [0, 0.1) is 5.92 Å². The molecule has 0 radical (unpaired) electrons. The van der Waals surface area contributed by atoms with Crippen molar-refractivity contribution in [2.24, 2.45) is 5.92 Å². The highest BCUT2D eigenvalue weighted by Crippen LogP contribution is 2.41. The predicted octanol–water partition coefficient (Wildman–Crippen LogP) is 4.47. The van der Waals surface area contributed by atoms with Crippen molar-refractivity contribution in [1.29, 1.82) is 0 Å². The third kappa shape index (κ3) is 5.36. The van der Waals surface area contributed by atoms with Gasteiger partial charge in [0.2, 0.25) is 5.88 Å². The van der Waals surface area contributed by atoms with Gasteiger partial charge in [-0.2, -0.15) is 0 Å². The third-order valence-corrected chi connectivity index (χ3v) is 5.16. The topological polar surface area (TPSA) is 49.8 Å². The summed E-state index contributed by atoms with van der Waals surface area (Å²) < 4.78 is 22.1. The maximum absolute atomic E-state index is 6.07. The Morgan fingerprint density at radius 2 is 1.81 bits per heavy atom. The van der Waals surface area contributed by atoms with E-state index in [2.05, 4.69) is 17.1 Å². The number of pyridine rings is 1. The number of hydrogen-bond acceptors (Lipinski definition) is 5. The molecular weight excluding hydrogens is 342 g/mol. The minimum absolute atomic E-state index is 0.472. The second kappa shape index (κ2) is 10.2. The first-order chi connectivity index (χ1) is 13.3. The van der Waals surface area contributed by atoms with Crippen molar-refractivity contribution in [3.63, 3.8) is 0 Å². The Balaban J connectivity index is 1.60. The fourth-order valence-corrected chi connectivity index (χ4v) is 3.76. The maximum atomic E-state index is 6.07. The molecule has 0 N–H and O–H groups in total. The van der Waals surface area contributed by atoms with Gasteiger partial charge < -0.3 is 18.9 Å². The number of benzene rings is 1. The number of aromatic nitrogens is 1. The van der Waals surface area contributed by atoms with E-state index < -0.39 is 0 Å². The number of para-hydroxylation sites is 1. The van der Waals surface area contributed by atoms with E-state index in [1.807, 2.05) is 24.3 Å². The van der Waals surface area contributed by atoms with E-state index in [4.69, 9.17) is 18.9 Å². The monoisotopic (exact) mass is 371 g/mol. The molecule has 1 aliphatic carbocycles. The Hall–Kier alpha value is -2.27. The van der Waals surface area contributed by atoms with Gasteiger partial charge in [0.05, 0.1) is 26.5 Å². The zero-order chi connectivity index (χ0) is 18.9. The van der Waals surface area contributed by atoms with Crippen LogP contribution in [0.15, 0.2) is 42.6 Å². The molecule has 2 aromatic rings. The van der Waals surface area contributed by atoms with Crippen LogP contribution in [0.1, 0.15) is 37.2 Å². The molecule has 0 amide bonds. The van der Waals surface area contributed by atoms with Gasteiger partial charge >= 0.3 is 0 Å². The molecule has 3 rings (SSSR count).